The molecule has 0 radical (unpaired) electrons. The summed E-state index contributed by atoms with van der Waals surface area (Å²) in [5.74, 6) is 0.430. The highest BCUT2D eigenvalue weighted by atomic mass is 15.1. The van der Waals surface area contributed by atoms with Gasteiger partial charge in [0.2, 0.25) is 0 Å². The molecule has 1 heteroatoms. The summed E-state index contributed by atoms with van der Waals surface area (Å²) in [5.41, 5.74) is 12.9. The standard InChI is InChI=1S/C50H45N/c1-34-13-21-38(22-14-34)31-40(39-23-15-35(2)16-24-39)25-26-41-32-48-46-11-7-8-12-47(46)50(33-49(48)45-10-6-5-9-44(41)45)51(42-27-17-36(3)18-28-42)43-29-19-37(4)20-30-43/h5-24,27-30,32-33,40H,25-26,31H2,1-4H3. The zero-order valence-electron chi connectivity index (χ0n) is 30.2. The fourth-order valence-corrected chi connectivity index (χ4v) is 7.78. The van der Waals surface area contributed by atoms with Gasteiger partial charge in [0.25, 0.3) is 0 Å². The van der Waals surface area contributed by atoms with Crippen LogP contribution in [0.4, 0.5) is 17.1 Å². The summed E-state index contributed by atoms with van der Waals surface area (Å²) in [7, 11) is 0. The number of rotatable bonds is 9. The van der Waals surface area contributed by atoms with Crippen molar-refractivity contribution in [1.29, 1.82) is 0 Å². The maximum atomic E-state index is 2.50. The summed E-state index contributed by atoms with van der Waals surface area (Å²) in [5, 5.41) is 7.82. The van der Waals surface area contributed by atoms with Crippen LogP contribution in [0.2, 0.25) is 0 Å². The van der Waals surface area contributed by atoms with Crippen LogP contribution in [0, 0.1) is 27.7 Å². The molecule has 1 unspecified atom stereocenters. The monoisotopic (exact) mass is 659 g/mol. The van der Waals surface area contributed by atoms with Crippen LogP contribution in [0.3, 0.4) is 0 Å². The zero-order valence-corrected chi connectivity index (χ0v) is 30.2. The van der Waals surface area contributed by atoms with Crippen molar-refractivity contribution in [3.63, 3.8) is 0 Å². The lowest BCUT2D eigenvalue weighted by Crippen LogP contribution is -2.11. The van der Waals surface area contributed by atoms with E-state index in [0.717, 1.165) is 30.6 Å². The molecule has 8 rings (SSSR count). The van der Waals surface area contributed by atoms with E-state index in [1.165, 1.54) is 76.9 Å². The summed E-state index contributed by atoms with van der Waals surface area (Å²) in [6.45, 7) is 8.65. The number of benzene rings is 8. The normalized spacial score (nSPS) is 12.1. The highest BCUT2D eigenvalue weighted by molar-refractivity contribution is 6.22. The smallest absolute Gasteiger partial charge is 0.0546 e. The number of hydrogen-bond acceptors (Lipinski definition) is 1. The van der Waals surface area contributed by atoms with Crippen LogP contribution in [0.15, 0.2) is 158 Å². The molecule has 0 N–H and O–H groups in total. The molecule has 0 aliphatic heterocycles. The van der Waals surface area contributed by atoms with Crippen LogP contribution >= 0.6 is 0 Å². The summed E-state index contributed by atoms with van der Waals surface area (Å²) >= 11 is 0. The summed E-state index contributed by atoms with van der Waals surface area (Å²) in [6.07, 6.45) is 3.13. The molecule has 0 saturated heterocycles. The van der Waals surface area contributed by atoms with Gasteiger partial charge in [0.1, 0.15) is 0 Å². The molecule has 0 heterocycles. The fourth-order valence-electron chi connectivity index (χ4n) is 7.78. The number of fused-ring (bicyclic) bond motifs is 5. The first-order valence-corrected chi connectivity index (χ1v) is 18.3. The third-order valence-corrected chi connectivity index (χ3v) is 10.7. The minimum absolute atomic E-state index is 0.430. The molecular weight excluding hydrogens is 615 g/mol. The maximum Gasteiger partial charge on any atom is 0.0546 e. The highest BCUT2D eigenvalue weighted by Crippen LogP contribution is 2.44. The molecule has 8 aromatic rings. The van der Waals surface area contributed by atoms with Crippen LogP contribution in [0.5, 0.6) is 0 Å². The Morgan fingerprint density at radius 3 is 1.45 bits per heavy atom. The summed E-state index contributed by atoms with van der Waals surface area (Å²) in [6, 6.07) is 59.1. The Morgan fingerprint density at radius 2 is 0.882 bits per heavy atom. The molecule has 0 fully saturated rings. The second-order valence-corrected chi connectivity index (χ2v) is 14.5. The van der Waals surface area contributed by atoms with Gasteiger partial charge in [0, 0.05) is 16.8 Å². The van der Waals surface area contributed by atoms with Crippen LogP contribution in [0.25, 0.3) is 32.3 Å². The maximum absolute atomic E-state index is 2.50. The van der Waals surface area contributed by atoms with E-state index in [2.05, 4.69) is 190 Å². The van der Waals surface area contributed by atoms with Crippen molar-refractivity contribution in [3.05, 3.63) is 197 Å². The summed E-state index contributed by atoms with van der Waals surface area (Å²) in [4.78, 5) is 2.43. The second-order valence-electron chi connectivity index (χ2n) is 14.5. The molecule has 0 bridgehead atoms. The van der Waals surface area contributed by atoms with E-state index < -0.39 is 0 Å². The molecule has 8 aromatic carbocycles. The average Bonchev–Trinajstić information content (AvgIpc) is 3.16. The molecule has 0 saturated carbocycles. The van der Waals surface area contributed by atoms with E-state index in [-0.39, 0.29) is 0 Å². The lowest BCUT2D eigenvalue weighted by atomic mass is 9.85. The van der Waals surface area contributed by atoms with E-state index in [1.807, 2.05) is 0 Å². The third-order valence-electron chi connectivity index (χ3n) is 10.7. The molecule has 1 atom stereocenters. The van der Waals surface area contributed by atoms with Crippen molar-refractivity contribution in [2.24, 2.45) is 0 Å². The SMILES string of the molecule is Cc1ccc(CC(CCc2cc3c4ccccc4c(N(c4ccc(C)cc4)c4ccc(C)cc4)cc3c3ccccc23)c2ccc(C)cc2)cc1. The number of nitrogens with zero attached hydrogens (tertiary/aromatic N) is 1. The number of aryl methyl sites for hydroxylation is 5. The van der Waals surface area contributed by atoms with Gasteiger partial charge in [0.15, 0.2) is 0 Å². The van der Waals surface area contributed by atoms with Gasteiger partial charge in [-0.3, -0.25) is 0 Å². The van der Waals surface area contributed by atoms with Crippen LogP contribution in [-0.2, 0) is 12.8 Å². The van der Waals surface area contributed by atoms with Crippen molar-refractivity contribution in [1.82, 2.24) is 0 Å². The van der Waals surface area contributed by atoms with Crippen LogP contribution in [-0.4, -0.2) is 0 Å². The van der Waals surface area contributed by atoms with Gasteiger partial charge in [-0.1, -0.05) is 144 Å². The Hall–Kier alpha value is -5.66. The molecule has 0 aromatic heterocycles. The van der Waals surface area contributed by atoms with Crippen LogP contribution in [0.1, 0.15) is 51.3 Å². The van der Waals surface area contributed by atoms with E-state index in [4.69, 9.17) is 0 Å². The topological polar surface area (TPSA) is 3.24 Å². The predicted molar refractivity (Wildman–Crippen MR) is 220 cm³/mol. The first-order chi connectivity index (χ1) is 24.9. The molecule has 0 amide bonds. The van der Waals surface area contributed by atoms with E-state index in [9.17, 15) is 0 Å². The molecule has 0 aliphatic rings. The molecule has 250 valence electrons. The van der Waals surface area contributed by atoms with Gasteiger partial charge in [-0.05, 0) is 133 Å². The van der Waals surface area contributed by atoms with E-state index in [1.54, 1.807) is 0 Å². The van der Waals surface area contributed by atoms with Gasteiger partial charge in [-0.2, -0.15) is 0 Å². The minimum atomic E-state index is 0.430. The largest absolute Gasteiger partial charge is 0.310 e. The Labute approximate surface area is 302 Å². The van der Waals surface area contributed by atoms with Crippen molar-refractivity contribution in [2.75, 3.05) is 4.90 Å². The lowest BCUT2D eigenvalue weighted by Gasteiger charge is -2.28. The van der Waals surface area contributed by atoms with Gasteiger partial charge >= 0.3 is 0 Å². The van der Waals surface area contributed by atoms with Gasteiger partial charge in [0.05, 0.1) is 5.69 Å². The predicted octanol–water partition coefficient (Wildman–Crippen LogP) is 13.8. The van der Waals surface area contributed by atoms with E-state index >= 15 is 0 Å². The van der Waals surface area contributed by atoms with Crippen molar-refractivity contribution in [3.8, 4) is 0 Å². The molecule has 0 spiro atoms. The third kappa shape index (κ3) is 6.65. The van der Waals surface area contributed by atoms with Crippen molar-refractivity contribution >= 4 is 49.4 Å². The first kappa shape index (κ1) is 32.5. The second kappa shape index (κ2) is 13.9. The zero-order chi connectivity index (χ0) is 34.9. The van der Waals surface area contributed by atoms with E-state index in [0.29, 0.717) is 5.92 Å². The Morgan fingerprint density at radius 1 is 0.431 bits per heavy atom. The Kier molecular flexibility index (Phi) is 8.88. The van der Waals surface area contributed by atoms with Crippen LogP contribution < -0.4 is 4.90 Å². The van der Waals surface area contributed by atoms with Crippen molar-refractivity contribution in [2.45, 2.75) is 52.9 Å². The number of anilines is 3. The molecule has 0 aliphatic carbocycles. The average molecular weight is 660 g/mol. The van der Waals surface area contributed by atoms with Gasteiger partial charge < -0.3 is 4.90 Å². The quantitative estimate of drug-likeness (QED) is 0.139. The Bertz CT molecular complexity index is 2410. The first-order valence-electron chi connectivity index (χ1n) is 18.3. The molecular formula is C50H45N. The van der Waals surface area contributed by atoms with Crippen molar-refractivity contribution < 1.29 is 0 Å². The molecule has 51 heavy (non-hydrogen) atoms. The number of hydrogen-bond donors (Lipinski definition) is 0. The highest BCUT2D eigenvalue weighted by Gasteiger charge is 2.20. The Balaban J connectivity index is 1.27. The minimum Gasteiger partial charge on any atom is -0.310 e. The van der Waals surface area contributed by atoms with Gasteiger partial charge in [-0.15, -0.1) is 0 Å². The lowest BCUT2D eigenvalue weighted by molar-refractivity contribution is 0.622. The summed E-state index contributed by atoms with van der Waals surface area (Å²) < 4.78 is 0. The molecule has 1 nitrogen and oxygen atoms in total. The fraction of sp³-hybridized carbons (Fsp3) is 0.160. The van der Waals surface area contributed by atoms with Gasteiger partial charge in [-0.25, -0.2) is 0 Å².